The van der Waals surface area contributed by atoms with Crippen LogP contribution in [0, 0.1) is 12.7 Å². The molecule has 0 aromatic heterocycles. The first-order valence-corrected chi connectivity index (χ1v) is 5.97. The monoisotopic (exact) mass is 241 g/mol. The van der Waals surface area contributed by atoms with E-state index in [4.69, 9.17) is 0 Å². The van der Waals surface area contributed by atoms with Crippen LogP contribution in [0.1, 0.15) is 11.1 Å². The zero-order valence-electron chi connectivity index (χ0n) is 10.4. The van der Waals surface area contributed by atoms with Crippen LogP contribution in [0.25, 0.3) is 6.08 Å². The Hall–Kier alpha value is -2.09. The van der Waals surface area contributed by atoms with E-state index in [0.717, 1.165) is 17.8 Å². The second-order valence-electron chi connectivity index (χ2n) is 4.15. The quantitative estimate of drug-likeness (QED) is 0.843. The van der Waals surface area contributed by atoms with Gasteiger partial charge in [-0.05, 0) is 36.2 Å². The zero-order chi connectivity index (χ0) is 12.8. The Kier molecular flexibility index (Phi) is 4.13. The second kappa shape index (κ2) is 6.01. The van der Waals surface area contributed by atoms with Crippen LogP contribution in [0.4, 0.5) is 10.1 Å². The lowest BCUT2D eigenvalue weighted by molar-refractivity contribution is 0.627. The molecule has 0 unspecified atom stereocenters. The molecule has 0 amide bonds. The molecule has 0 aliphatic heterocycles. The first-order chi connectivity index (χ1) is 8.75. The van der Waals surface area contributed by atoms with Gasteiger partial charge in [0.05, 0.1) is 0 Å². The molecule has 0 fully saturated rings. The van der Waals surface area contributed by atoms with Gasteiger partial charge in [0.2, 0.25) is 0 Å². The fourth-order valence-electron chi connectivity index (χ4n) is 1.75. The molecule has 1 N–H and O–H groups in total. The van der Waals surface area contributed by atoms with E-state index >= 15 is 0 Å². The van der Waals surface area contributed by atoms with Gasteiger partial charge >= 0.3 is 0 Å². The van der Waals surface area contributed by atoms with Gasteiger partial charge in [-0.25, -0.2) is 4.39 Å². The Balaban J connectivity index is 1.91. The topological polar surface area (TPSA) is 12.0 Å². The minimum absolute atomic E-state index is 0.196. The fourth-order valence-corrected chi connectivity index (χ4v) is 1.75. The summed E-state index contributed by atoms with van der Waals surface area (Å²) in [5.74, 6) is -0.196. The van der Waals surface area contributed by atoms with Gasteiger partial charge in [-0.3, -0.25) is 0 Å². The van der Waals surface area contributed by atoms with Gasteiger partial charge in [0.25, 0.3) is 0 Å². The lowest BCUT2D eigenvalue weighted by Gasteiger charge is -2.06. The largest absolute Gasteiger partial charge is 0.381 e. The van der Waals surface area contributed by atoms with Crippen LogP contribution < -0.4 is 5.32 Å². The van der Waals surface area contributed by atoms with E-state index in [-0.39, 0.29) is 5.82 Å². The number of halogens is 1. The second-order valence-corrected chi connectivity index (χ2v) is 4.15. The molecule has 2 aromatic carbocycles. The first kappa shape index (κ1) is 12.4. The summed E-state index contributed by atoms with van der Waals surface area (Å²) < 4.78 is 12.9. The maximum Gasteiger partial charge on any atom is 0.123 e. The van der Waals surface area contributed by atoms with Gasteiger partial charge in [0.1, 0.15) is 5.82 Å². The molecule has 0 aliphatic carbocycles. The van der Waals surface area contributed by atoms with Crippen LogP contribution in [-0.4, -0.2) is 6.54 Å². The molecule has 0 atom stereocenters. The molecule has 0 saturated heterocycles. The van der Waals surface area contributed by atoms with Gasteiger partial charge in [0, 0.05) is 12.2 Å². The molecule has 2 rings (SSSR count). The van der Waals surface area contributed by atoms with Crippen molar-refractivity contribution in [3.63, 3.8) is 0 Å². The summed E-state index contributed by atoms with van der Waals surface area (Å²) in [6.07, 6.45) is 4.12. The highest BCUT2D eigenvalue weighted by molar-refractivity contribution is 5.53. The van der Waals surface area contributed by atoms with E-state index in [9.17, 15) is 4.39 Å². The van der Waals surface area contributed by atoms with E-state index in [2.05, 4.69) is 29.6 Å². The van der Waals surface area contributed by atoms with Crippen LogP contribution >= 0.6 is 0 Å². The highest BCUT2D eigenvalue weighted by Crippen LogP contribution is 2.15. The Bertz CT molecular complexity index is 532. The Labute approximate surface area is 107 Å². The van der Waals surface area contributed by atoms with E-state index in [1.165, 1.54) is 17.7 Å². The number of rotatable bonds is 4. The molecule has 1 nitrogen and oxygen atoms in total. The molecule has 0 heterocycles. The van der Waals surface area contributed by atoms with Gasteiger partial charge in [-0.15, -0.1) is 0 Å². The standard InChI is InChI=1S/C16H16FN/c1-13-12-15(17)9-10-16(13)18-11-5-8-14-6-3-2-4-7-14/h2-10,12,18H,11H2,1H3. The molecule has 0 radical (unpaired) electrons. The van der Waals surface area contributed by atoms with Crippen molar-refractivity contribution in [3.8, 4) is 0 Å². The fraction of sp³-hybridized carbons (Fsp3) is 0.125. The van der Waals surface area contributed by atoms with Crippen molar-refractivity contribution in [1.82, 2.24) is 0 Å². The lowest BCUT2D eigenvalue weighted by Crippen LogP contribution is -2.00. The Morgan fingerprint density at radius 2 is 1.89 bits per heavy atom. The highest BCUT2D eigenvalue weighted by Gasteiger charge is 1.97. The summed E-state index contributed by atoms with van der Waals surface area (Å²) in [5, 5.41) is 3.26. The van der Waals surface area contributed by atoms with Crippen molar-refractivity contribution in [2.75, 3.05) is 11.9 Å². The van der Waals surface area contributed by atoms with Crippen LogP contribution in [0.3, 0.4) is 0 Å². The third-order valence-corrected chi connectivity index (χ3v) is 2.71. The van der Waals surface area contributed by atoms with Crippen molar-refractivity contribution >= 4 is 11.8 Å². The van der Waals surface area contributed by atoms with E-state index in [1.54, 1.807) is 6.07 Å². The van der Waals surface area contributed by atoms with Crippen LogP contribution in [0.2, 0.25) is 0 Å². The number of anilines is 1. The summed E-state index contributed by atoms with van der Waals surface area (Å²) in [4.78, 5) is 0. The first-order valence-electron chi connectivity index (χ1n) is 5.97. The van der Waals surface area contributed by atoms with E-state index < -0.39 is 0 Å². The van der Waals surface area contributed by atoms with Crippen molar-refractivity contribution in [1.29, 1.82) is 0 Å². The Morgan fingerprint density at radius 3 is 2.61 bits per heavy atom. The summed E-state index contributed by atoms with van der Waals surface area (Å²) >= 11 is 0. The molecule has 0 spiro atoms. The molecule has 2 aromatic rings. The SMILES string of the molecule is Cc1cc(F)ccc1NCC=Cc1ccccc1. The number of hydrogen-bond acceptors (Lipinski definition) is 1. The molecule has 0 aliphatic rings. The number of aryl methyl sites for hydroxylation is 1. The predicted octanol–water partition coefficient (Wildman–Crippen LogP) is 4.26. The molecule has 2 heteroatoms. The summed E-state index contributed by atoms with van der Waals surface area (Å²) in [6.45, 7) is 2.62. The van der Waals surface area contributed by atoms with E-state index in [1.807, 2.05) is 25.1 Å². The number of benzene rings is 2. The van der Waals surface area contributed by atoms with Gasteiger partial charge < -0.3 is 5.32 Å². The average molecular weight is 241 g/mol. The highest BCUT2D eigenvalue weighted by atomic mass is 19.1. The number of nitrogens with one attached hydrogen (secondary N) is 1. The van der Waals surface area contributed by atoms with Crippen molar-refractivity contribution in [3.05, 3.63) is 71.6 Å². The summed E-state index contributed by atoms with van der Waals surface area (Å²) in [6, 6.07) is 14.9. The molecule has 0 bridgehead atoms. The number of hydrogen-bond donors (Lipinski definition) is 1. The van der Waals surface area contributed by atoms with Crippen LogP contribution in [0.5, 0.6) is 0 Å². The van der Waals surface area contributed by atoms with Crippen molar-refractivity contribution in [2.45, 2.75) is 6.92 Å². The zero-order valence-corrected chi connectivity index (χ0v) is 10.4. The summed E-state index contributed by atoms with van der Waals surface area (Å²) in [7, 11) is 0. The minimum atomic E-state index is -0.196. The van der Waals surface area contributed by atoms with Crippen LogP contribution in [0.15, 0.2) is 54.6 Å². The maximum atomic E-state index is 12.9. The minimum Gasteiger partial charge on any atom is -0.381 e. The normalized spacial score (nSPS) is 10.8. The molecular weight excluding hydrogens is 225 g/mol. The third kappa shape index (κ3) is 3.45. The van der Waals surface area contributed by atoms with Crippen LogP contribution in [-0.2, 0) is 0 Å². The lowest BCUT2D eigenvalue weighted by atomic mass is 10.2. The predicted molar refractivity (Wildman–Crippen MR) is 75.1 cm³/mol. The van der Waals surface area contributed by atoms with Gasteiger partial charge in [0.15, 0.2) is 0 Å². The molecule has 18 heavy (non-hydrogen) atoms. The average Bonchev–Trinajstić information content (AvgIpc) is 2.38. The Morgan fingerprint density at radius 1 is 1.11 bits per heavy atom. The van der Waals surface area contributed by atoms with Crippen molar-refractivity contribution < 1.29 is 4.39 Å². The van der Waals surface area contributed by atoms with E-state index in [0.29, 0.717) is 0 Å². The van der Waals surface area contributed by atoms with Gasteiger partial charge in [-0.1, -0.05) is 42.5 Å². The smallest absolute Gasteiger partial charge is 0.123 e. The van der Waals surface area contributed by atoms with Crippen molar-refractivity contribution in [2.24, 2.45) is 0 Å². The molecule has 92 valence electrons. The third-order valence-electron chi connectivity index (χ3n) is 2.71. The summed E-state index contributed by atoms with van der Waals surface area (Å²) in [5.41, 5.74) is 3.06. The maximum absolute atomic E-state index is 12.9. The molecular formula is C16H16FN. The molecule has 0 saturated carbocycles. The van der Waals surface area contributed by atoms with Gasteiger partial charge in [-0.2, -0.15) is 0 Å².